The summed E-state index contributed by atoms with van der Waals surface area (Å²) in [5, 5.41) is 11.4. The highest BCUT2D eigenvalue weighted by atomic mass is 19.4. The number of rotatable bonds is 3. The maximum absolute atomic E-state index is 13.1. The van der Waals surface area contributed by atoms with Crippen LogP contribution in [0.2, 0.25) is 0 Å². The second-order valence-corrected chi connectivity index (χ2v) is 8.86. The third kappa shape index (κ3) is 2.95. The number of halogens is 3. The minimum atomic E-state index is -5.11. The van der Waals surface area contributed by atoms with E-state index < -0.39 is 41.5 Å². The van der Waals surface area contributed by atoms with Gasteiger partial charge >= 0.3 is 18.1 Å². The van der Waals surface area contributed by atoms with E-state index >= 15 is 0 Å². The molecule has 9 heteroatoms. The van der Waals surface area contributed by atoms with Crippen LogP contribution in [0.25, 0.3) is 0 Å². The number of alkyl halides is 3. The zero-order valence-electron chi connectivity index (χ0n) is 14.9. The predicted molar refractivity (Wildman–Crippen MR) is 83.9 cm³/mol. The van der Waals surface area contributed by atoms with Gasteiger partial charge in [-0.3, -0.25) is 9.59 Å². The maximum atomic E-state index is 13.1. The van der Waals surface area contributed by atoms with Crippen LogP contribution in [0.3, 0.4) is 0 Å². The lowest BCUT2D eigenvalue weighted by atomic mass is 9.82. The summed E-state index contributed by atoms with van der Waals surface area (Å²) in [7, 11) is 0. The quantitative estimate of drug-likeness (QED) is 0.788. The van der Waals surface area contributed by atoms with Crippen LogP contribution in [0, 0.1) is 16.7 Å². The summed E-state index contributed by atoms with van der Waals surface area (Å²) in [5.74, 6) is -4.23. The van der Waals surface area contributed by atoms with Crippen LogP contribution in [0.4, 0.5) is 13.2 Å². The standard InChI is InChI=1S/C17H23F3N2O4/c1-15(2,3)11(21-14(26)17(18,19)20)12(23)22-8-6-9(10(22)13(24)25)16(7-8)4-5-16/h8-11H,4-7H2,1-3H3,(H,21,26)(H,24,25)/t8-,9-,10-,11+/m0/s1. The van der Waals surface area contributed by atoms with E-state index in [1.807, 2.05) is 0 Å². The van der Waals surface area contributed by atoms with E-state index in [-0.39, 0.29) is 17.4 Å². The van der Waals surface area contributed by atoms with Crippen molar-refractivity contribution in [1.29, 1.82) is 0 Å². The molecule has 146 valence electrons. The molecule has 3 rings (SSSR count). The Balaban J connectivity index is 1.87. The minimum Gasteiger partial charge on any atom is -0.480 e. The SMILES string of the molecule is CC(C)(C)[C@H](NC(=O)C(F)(F)F)C(=O)N1[C@H]2C[C@@H]([C@H]1C(=O)O)C1(CC1)C2. The van der Waals surface area contributed by atoms with Crippen molar-refractivity contribution in [3.63, 3.8) is 0 Å². The fourth-order valence-electron chi connectivity index (χ4n) is 4.70. The third-order valence-corrected chi connectivity index (χ3v) is 6.07. The monoisotopic (exact) mass is 376 g/mol. The number of likely N-dealkylation sites (tertiary alicyclic amines) is 1. The Labute approximate surface area is 149 Å². The van der Waals surface area contributed by atoms with Gasteiger partial charge in [0.15, 0.2) is 0 Å². The summed E-state index contributed by atoms with van der Waals surface area (Å²) in [6.45, 7) is 4.62. The molecular formula is C17H23F3N2O4. The van der Waals surface area contributed by atoms with Gasteiger partial charge in [-0.1, -0.05) is 20.8 Å². The number of fused-ring (bicyclic) bond motifs is 3. The fourth-order valence-corrected chi connectivity index (χ4v) is 4.70. The number of hydrogen-bond acceptors (Lipinski definition) is 3. The summed E-state index contributed by atoms with van der Waals surface area (Å²) in [4.78, 5) is 37.5. The fraction of sp³-hybridized carbons (Fsp3) is 0.824. The molecule has 2 N–H and O–H groups in total. The van der Waals surface area contributed by atoms with Crippen molar-refractivity contribution in [3.8, 4) is 0 Å². The van der Waals surface area contributed by atoms with Gasteiger partial charge in [-0.25, -0.2) is 4.79 Å². The molecule has 4 atom stereocenters. The summed E-state index contributed by atoms with van der Waals surface area (Å²) in [6.07, 6.45) is -1.98. The third-order valence-electron chi connectivity index (χ3n) is 6.07. The number of nitrogens with one attached hydrogen (secondary N) is 1. The van der Waals surface area contributed by atoms with Gasteiger partial charge < -0.3 is 15.3 Å². The molecule has 1 heterocycles. The average Bonchev–Trinajstić information content (AvgIpc) is 3.00. The minimum absolute atomic E-state index is 0.0169. The van der Waals surface area contributed by atoms with Crippen LogP contribution >= 0.6 is 0 Å². The van der Waals surface area contributed by atoms with E-state index in [0.29, 0.717) is 12.8 Å². The number of carboxylic acid groups (broad SMARTS) is 1. The highest BCUT2D eigenvalue weighted by molar-refractivity contribution is 5.93. The first-order valence-corrected chi connectivity index (χ1v) is 8.71. The largest absolute Gasteiger partial charge is 0.480 e. The Kier molecular flexibility index (Phi) is 4.08. The molecule has 1 saturated heterocycles. The molecule has 2 saturated carbocycles. The molecule has 1 spiro atoms. The Morgan fingerprint density at radius 3 is 2.19 bits per heavy atom. The predicted octanol–water partition coefficient (Wildman–Crippen LogP) is 1.93. The second-order valence-electron chi connectivity index (χ2n) is 8.86. The van der Waals surface area contributed by atoms with Crippen LogP contribution < -0.4 is 5.32 Å². The first-order valence-electron chi connectivity index (χ1n) is 8.71. The Morgan fingerprint density at radius 1 is 1.19 bits per heavy atom. The van der Waals surface area contributed by atoms with E-state index in [0.717, 1.165) is 12.8 Å². The molecule has 0 aromatic carbocycles. The van der Waals surface area contributed by atoms with Crippen LogP contribution in [0.1, 0.15) is 46.5 Å². The molecule has 6 nitrogen and oxygen atoms in total. The lowest BCUT2D eigenvalue weighted by Gasteiger charge is -2.41. The van der Waals surface area contributed by atoms with Crippen molar-refractivity contribution in [3.05, 3.63) is 0 Å². The topological polar surface area (TPSA) is 86.7 Å². The smallest absolute Gasteiger partial charge is 0.471 e. The zero-order valence-corrected chi connectivity index (χ0v) is 14.9. The number of piperidine rings is 1. The molecule has 1 aliphatic heterocycles. The molecule has 26 heavy (non-hydrogen) atoms. The van der Waals surface area contributed by atoms with Gasteiger partial charge in [-0.05, 0) is 42.4 Å². The molecule has 0 aromatic rings. The van der Waals surface area contributed by atoms with Gasteiger partial charge in [0, 0.05) is 6.04 Å². The summed E-state index contributed by atoms with van der Waals surface area (Å²) in [5.41, 5.74) is -1.02. The molecule has 0 unspecified atom stereocenters. The van der Waals surface area contributed by atoms with Gasteiger partial charge in [0.25, 0.3) is 0 Å². The molecule has 0 aromatic heterocycles. The first-order chi connectivity index (χ1) is 11.8. The molecule has 0 radical (unpaired) electrons. The van der Waals surface area contributed by atoms with Crippen molar-refractivity contribution >= 4 is 17.8 Å². The molecule has 3 fully saturated rings. The van der Waals surface area contributed by atoms with Gasteiger partial charge in [0.05, 0.1) is 0 Å². The number of carbonyl (C=O) groups is 3. The van der Waals surface area contributed by atoms with E-state index in [4.69, 9.17) is 0 Å². The van der Waals surface area contributed by atoms with E-state index in [1.54, 1.807) is 26.1 Å². The molecular weight excluding hydrogens is 353 g/mol. The van der Waals surface area contributed by atoms with Crippen LogP contribution in [-0.2, 0) is 14.4 Å². The summed E-state index contributed by atoms with van der Waals surface area (Å²) >= 11 is 0. The van der Waals surface area contributed by atoms with Gasteiger partial charge in [-0.15, -0.1) is 0 Å². The Morgan fingerprint density at radius 2 is 1.77 bits per heavy atom. The van der Waals surface area contributed by atoms with Crippen molar-refractivity contribution < 1.29 is 32.7 Å². The lowest BCUT2D eigenvalue weighted by molar-refractivity contribution is -0.176. The van der Waals surface area contributed by atoms with Gasteiger partial charge in [0.1, 0.15) is 12.1 Å². The number of nitrogens with zero attached hydrogens (tertiary/aromatic N) is 1. The zero-order chi connectivity index (χ0) is 19.7. The number of hydrogen-bond donors (Lipinski definition) is 2. The Hall–Kier alpha value is -1.80. The van der Waals surface area contributed by atoms with E-state index in [9.17, 15) is 32.7 Å². The Bertz CT molecular complexity index is 651. The number of amides is 2. The highest BCUT2D eigenvalue weighted by Crippen LogP contribution is 2.67. The van der Waals surface area contributed by atoms with Gasteiger partial charge in [-0.2, -0.15) is 13.2 Å². The number of carbonyl (C=O) groups excluding carboxylic acids is 2. The van der Waals surface area contributed by atoms with Crippen LogP contribution in [-0.4, -0.2) is 52.1 Å². The van der Waals surface area contributed by atoms with Crippen LogP contribution in [0.5, 0.6) is 0 Å². The van der Waals surface area contributed by atoms with Crippen molar-refractivity contribution in [2.24, 2.45) is 16.7 Å². The number of carboxylic acids is 1. The van der Waals surface area contributed by atoms with E-state index in [1.165, 1.54) is 4.90 Å². The second kappa shape index (κ2) is 5.60. The first kappa shape index (κ1) is 19.0. The van der Waals surface area contributed by atoms with Crippen LogP contribution in [0.15, 0.2) is 0 Å². The van der Waals surface area contributed by atoms with Crippen molar-refractivity contribution in [2.75, 3.05) is 0 Å². The highest BCUT2D eigenvalue weighted by Gasteiger charge is 2.67. The molecule has 2 amide bonds. The number of aliphatic carboxylic acids is 1. The average molecular weight is 376 g/mol. The molecule has 3 aliphatic rings. The van der Waals surface area contributed by atoms with E-state index in [2.05, 4.69) is 0 Å². The normalized spacial score (nSPS) is 30.4. The molecule has 2 aliphatic carbocycles. The maximum Gasteiger partial charge on any atom is 0.471 e. The van der Waals surface area contributed by atoms with Crippen molar-refractivity contribution in [2.45, 2.75) is 70.8 Å². The molecule has 2 bridgehead atoms. The summed E-state index contributed by atoms with van der Waals surface area (Å²) in [6, 6.07) is -2.77. The van der Waals surface area contributed by atoms with Crippen molar-refractivity contribution in [1.82, 2.24) is 10.2 Å². The lowest BCUT2D eigenvalue weighted by Crippen LogP contribution is -2.61. The van der Waals surface area contributed by atoms with Gasteiger partial charge in [0.2, 0.25) is 5.91 Å². The summed E-state index contributed by atoms with van der Waals surface area (Å²) < 4.78 is 38.0.